The number of carbonyl (C=O) groups excluding carboxylic acids is 3. The Bertz CT molecular complexity index is 338. The first-order chi connectivity index (χ1) is 7.41. The molecule has 0 aromatic carbocycles. The summed E-state index contributed by atoms with van der Waals surface area (Å²) in [5, 5.41) is 9.36. The van der Waals surface area contributed by atoms with E-state index in [0.29, 0.717) is 5.01 Å². The molecule has 16 heavy (non-hydrogen) atoms. The first kappa shape index (κ1) is 12.1. The summed E-state index contributed by atoms with van der Waals surface area (Å²) in [7, 11) is 0. The van der Waals surface area contributed by atoms with Gasteiger partial charge in [-0.2, -0.15) is 0 Å². The third-order valence-corrected chi connectivity index (χ3v) is 2.04. The Morgan fingerprint density at radius 3 is 2.25 bits per heavy atom. The summed E-state index contributed by atoms with van der Waals surface area (Å²) in [6, 6.07) is -1.37. The molecule has 1 atom stereocenters. The topological polar surface area (TPSA) is 130 Å². The summed E-state index contributed by atoms with van der Waals surface area (Å²) < 4.78 is 0. The van der Waals surface area contributed by atoms with E-state index in [1.54, 1.807) is 0 Å². The maximum absolute atomic E-state index is 11.2. The molecule has 0 bridgehead atoms. The maximum atomic E-state index is 11.2. The summed E-state index contributed by atoms with van der Waals surface area (Å²) >= 11 is 0. The van der Waals surface area contributed by atoms with E-state index >= 15 is 0 Å². The van der Waals surface area contributed by atoms with Crippen LogP contribution < -0.4 is 11.2 Å². The minimum atomic E-state index is -1.37. The van der Waals surface area contributed by atoms with Crippen molar-refractivity contribution in [2.75, 3.05) is 0 Å². The van der Waals surface area contributed by atoms with Crippen LogP contribution in [0, 0.1) is 0 Å². The number of nitrogens with one attached hydrogen (secondary N) is 1. The van der Waals surface area contributed by atoms with Gasteiger partial charge >= 0.3 is 5.97 Å². The fourth-order valence-corrected chi connectivity index (χ4v) is 1.27. The second-order valence-corrected chi connectivity index (χ2v) is 3.31. The molecule has 1 aliphatic heterocycles. The highest BCUT2D eigenvalue weighted by molar-refractivity contribution is 6.01. The number of carbonyl (C=O) groups is 4. The summed E-state index contributed by atoms with van der Waals surface area (Å²) in [4.78, 5) is 43.6. The number of nitrogens with two attached hydrogens (primary N) is 1. The van der Waals surface area contributed by atoms with Crippen molar-refractivity contribution in [1.29, 1.82) is 0 Å². The Hall–Kier alpha value is -1.96. The highest BCUT2D eigenvalue weighted by Gasteiger charge is 2.33. The summed E-state index contributed by atoms with van der Waals surface area (Å²) in [6.07, 6.45) is -0.421. The number of hydrogen-bond donors (Lipinski definition) is 3. The van der Waals surface area contributed by atoms with Gasteiger partial charge in [-0.25, -0.2) is 10.4 Å². The van der Waals surface area contributed by atoms with Crippen molar-refractivity contribution in [1.82, 2.24) is 10.4 Å². The zero-order valence-electron chi connectivity index (χ0n) is 8.30. The molecule has 0 radical (unpaired) electrons. The van der Waals surface area contributed by atoms with Crippen LogP contribution in [-0.2, 0) is 19.2 Å². The third-order valence-electron chi connectivity index (χ3n) is 2.04. The van der Waals surface area contributed by atoms with Gasteiger partial charge in [-0.1, -0.05) is 0 Å². The van der Waals surface area contributed by atoms with Crippen molar-refractivity contribution in [2.24, 2.45) is 5.73 Å². The van der Waals surface area contributed by atoms with Crippen molar-refractivity contribution in [2.45, 2.75) is 25.3 Å². The first-order valence-electron chi connectivity index (χ1n) is 4.55. The van der Waals surface area contributed by atoms with E-state index in [-0.39, 0.29) is 12.8 Å². The number of carboxylic acids is 1. The third kappa shape index (κ3) is 2.76. The molecule has 1 heterocycles. The molecule has 88 valence electrons. The highest BCUT2D eigenvalue weighted by Crippen LogP contribution is 2.09. The average molecular weight is 229 g/mol. The Kier molecular flexibility index (Phi) is 3.56. The predicted octanol–water partition coefficient (Wildman–Crippen LogP) is -2.03. The number of hydrazine groups is 1. The van der Waals surface area contributed by atoms with Gasteiger partial charge in [-0.3, -0.25) is 19.2 Å². The minimum Gasteiger partial charge on any atom is -0.480 e. The van der Waals surface area contributed by atoms with Gasteiger partial charge in [-0.05, 0) is 0 Å². The van der Waals surface area contributed by atoms with Crippen LogP contribution in [0.25, 0.3) is 0 Å². The molecule has 0 spiro atoms. The van der Waals surface area contributed by atoms with Gasteiger partial charge in [0.2, 0.25) is 17.7 Å². The molecule has 1 saturated heterocycles. The van der Waals surface area contributed by atoms with Crippen molar-refractivity contribution in [3.8, 4) is 0 Å². The number of rotatable bonds is 5. The molecule has 8 heteroatoms. The van der Waals surface area contributed by atoms with Crippen molar-refractivity contribution in [3.05, 3.63) is 0 Å². The number of primary amides is 1. The quantitative estimate of drug-likeness (QED) is 0.466. The van der Waals surface area contributed by atoms with E-state index < -0.39 is 36.2 Å². The normalized spacial score (nSPS) is 17.6. The molecule has 0 aromatic heterocycles. The lowest BCUT2D eigenvalue weighted by atomic mass is 10.2. The van der Waals surface area contributed by atoms with E-state index in [9.17, 15) is 19.2 Å². The molecule has 0 unspecified atom stereocenters. The zero-order valence-corrected chi connectivity index (χ0v) is 8.30. The standard InChI is InChI=1S/C8H11N3O5/c9-5(12)3-4(8(15)16)10-11-6(13)1-2-7(11)14/h4,10H,1-3H2,(H2,9,12)(H,15,16)/t4-/m0/s1. The Balaban J connectivity index is 2.67. The highest BCUT2D eigenvalue weighted by atomic mass is 16.4. The van der Waals surface area contributed by atoms with Gasteiger partial charge in [0.1, 0.15) is 6.04 Å². The lowest BCUT2D eigenvalue weighted by molar-refractivity contribution is -0.149. The maximum Gasteiger partial charge on any atom is 0.323 e. The van der Waals surface area contributed by atoms with Crippen LogP contribution in [0.1, 0.15) is 19.3 Å². The molecule has 1 rings (SSSR count). The van der Waals surface area contributed by atoms with Crippen molar-refractivity contribution >= 4 is 23.7 Å². The number of aliphatic carboxylic acids is 1. The Labute approximate surface area is 90.3 Å². The van der Waals surface area contributed by atoms with Crippen LogP contribution in [0.15, 0.2) is 0 Å². The largest absolute Gasteiger partial charge is 0.480 e. The van der Waals surface area contributed by atoms with E-state index in [2.05, 4.69) is 5.43 Å². The zero-order chi connectivity index (χ0) is 12.3. The molecular formula is C8H11N3O5. The van der Waals surface area contributed by atoms with Gasteiger partial charge in [0.05, 0.1) is 6.42 Å². The second kappa shape index (κ2) is 4.71. The molecule has 1 aliphatic rings. The first-order valence-corrected chi connectivity index (χ1v) is 4.55. The Morgan fingerprint density at radius 1 is 1.38 bits per heavy atom. The average Bonchev–Trinajstić information content (AvgIpc) is 2.47. The van der Waals surface area contributed by atoms with Gasteiger partial charge in [-0.15, -0.1) is 0 Å². The SMILES string of the molecule is NC(=O)C[C@H](NN1C(=O)CCC1=O)C(=O)O. The van der Waals surface area contributed by atoms with Crippen LogP contribution in [0.3, 0.4) is 0 Å². The van der Waals surface area contributed by atoms with Crippen LogP contribution >= 0.6 is 0 Å². The van der Waals surface area contributed by atoms with E-state index in [1.165, 1.54) is 0 Å². The van der Waals surface area contributed by atoms with Crippen molar-refractivity contribution < 1.29 is 24.3 Å². The molecule has 0 aliphatic carbocycles. The van der Waals surface area contributed by atoms with Crippen LogP contribution in [-0.4, -0.2) is 39.8 Å². The fraction of sp³-hybridized carbons (Fsp3) is 0.500. The molecule has 8 nitrogen and oxygen atoms in total. The van der Waals surface area contributed by atoms with Gasteiger partial charge in [0.25, 0.3) is 0 Å². The summed E-state index contributed by atoms with van der Waals surface area (Å²) in [6.45, 7) is 0. The summed E-state index contributed by atoms with van der Waals surface area (Å²) in [5.74, 6) is -3.22. The molecular weight excluding hydrogens is 218 g/mol. The number of imide groups is 1. The van der Waals surface area contributed by atoms with E-state index in [1.807, 2.05) is 0 Å². The predicted molar refractivity (Wildman–Crippen MR) is 49.5 cm³/mol. The minimum absolute atomic E-state index is 0.0365. The van der Waals surface area contributed by atoms with Crippen LogP contribution in [0.2, 0.25) is 0 Å². The van der Waals surface area contributed by atoms with Crippen LogP contribution in [0.5, 0.6) is 0 Å². The smallest absolute Gasteiger partial charge is 0.323 e. The van der Waals surface area contributed by atoms with Crippen LogP contribution in [0.4, 0.5) is 0 Å². The van der Waals surface area contributed by atoms with E-state index in [4.69, 9.17) is 10.8 Å². The molecule has 4 N–H and O–H groups in total. The lowest BCUT2D eigenvalue weighted by Gasteiger charge is -2.19. The van der Waals surface area contributed by atoms with E-state index in [0.717, 1.165) is 0 Å². The molecule has 1 fully saturated rings. The number of amides is 3. The van der Waals surface area contributed by atoms with Gasteiger partial charge in [0.15, 0.2) is 0 Å². The molecule has 0 saturated carbocycles. The van der Waals surface area contributed by atoms with Gasteiger partial charge < -0.3 is 10.8 Å². The molecule has 3 amide bonds. The fourth-order valence-electron chi connectivity index (χ4n) is 1.27. The summed E-state index contributed by atoms with van der Waals surface area (Å²) in [5.41, 5.74) is 7.02. The lowest BCUT2D eigenvalue weighted by Crippen LogP contribution is -2.52. The number of carboxylic acid groups (broad SMARTS) is 1. The number of hydrogen-bond acceptors (Lipinski definition) is 5. The second-order valence-electron chi connectivity index (χ2n) is 3.31. The number of nitrogens with zero attached hydrogens (tertiary/aromatic N) is 1. The Morgan fingerprint density at radius 2 is 1.88 bits per heavy atom. The van der Waals surface area contributed by atoms with Gasteiger partial charge in [0, 0.05) is 12.8 Å². The van der Waals surface area contributed by atoms with Crippen molar-refractivity contribution in [3.63, 3.8) is 0 Å². The molecule has 0 aromatic rings. The monoisotopic (exact) mass is 229 g/mol.